The second-order valence-electron chi connectivity index (χ2n) is 3.24. The van der Waals surface area contributed by atoms with Gasteiger partial charge in [0.15, 0.2) is 0 Å². The Balaban J connectivity index is 2.66. The number of nitrogens with two attached hydrogens (primary N) is 1. The van der Waals surface area contributed by atoms with Gasteiger partial charge in [-0.2, -0.15) is 5.10 Å². The Kier molecular flexibility index (Phi) is 2.68. The van der Waals surface area contributed by atoms with Crippen molar-refractivity contribution in [1.29, 1.82) is 0 Å². The number of hydrogen-bond acceptors (Lipinski definition) is 4. The molecule has 0 atom stereocenters. The summed E-state index contributed by atoms with van der Waals surface area (Å²) in [7, 11) is 3.20. The number of nitrogens with zero attached hydrogens (tertiary/aromatic N) is 1. The lowest BCUT2D eigenvalue weighted by Crippen LogP contribution is -1.95. The van der Waals surface area contributed by atoms with Crippen molar-refractivity contribution in [3.63, 3.8) is 0 Å². The van der Waals surface area contributed by atoms with Crippen molar-refractivity contribution in [3.8, 4) is 22.8 Å². The van der Waals surface area contributed by atoms with E-state index in [0.717, 1.165) is 5.56 Å². The van der Waals surface area contributed by atoms with Crippen molar-refractivity contribution in [2.75, 3.05) is 20.0 Å². The Bertz CT molecular complexity index is 471. The van der Waals surface area contributed by atoms with Gasteiger partial charge in [0.1, 0.15) is 11.5 Å². The third-order valence-electron chi connectivity index (χ3n) is 2.35. The zero-order valence-corrected chi connectivity index (χ0v) is 9.15. The zero-order valence-electron chi connectivity index (χ0n) is 9.15. The van der Waals surface area contributed by atoms with Crippen LogP contribution in [0, 0.1) is 0 Å². The minimum atomic E-state index is 0.558. The minimum Gasteiger partial charge on any atom is -0.496 e. The van der Waals surface area contributed by atoms with Gasteiger partial charge >= 0.3 is 0 Å². The van der Waals surface area contributed by atoms with Crippen molar-refractivity contribution >= 4 is 5.69 Å². The molecule has 0 radical (unpaired) electrons. The molecule has 84 valence electrons. The van der Waals surface area contributed by atoms with Crippen LogP contribution in [-0.2, 0) is 0 Å². The quantitative estimate of drug-likeness (QED) is 0.823. The van der Waals surface area contributed by atoms with E-state index >= 15 is 0 Å². The highest BCUT2D eigenvalue weighted by atomic mass is 16.5. The lowest BCUT2D eigenvalue weighted by molar-refractivity contribution is 0.397. The smallest absolute Gasteiger partial charge is 0.132 e. The van der Waals surface area contributed by atoms with E-state index < -0.39 is 0 Å². The van der Waals surface area contributed by atoms with Gasteiger partial charge in [-0.15, -0.1) is 0 Å². The molecule has 5 heteroatoms. The number of ether oxygens (including phenoxy) is 2. The van der Waals surface area contributed by atoms with Gasteiger partial charge in [0.2, 0.25) is 0 Å². The Hall–Kier alpha value is -2.17. The van der Waals surface area contributed by atoms with Gasteiger partial charge in [-0.3, -0.25) is 5.10 Å². The number of nitrogens with one attached hydrogen (secondary N) is 1. The molecule has 0 fully saturated rings. The van der Waals surface area contributed by atoms with Crippen molar-refractivity contribution in [3.05, 3.63) is 24.4 Å². The first kappa shape index (κ1) is 10.4. The summed E-state index contributed by atoms with van der Waals surface area (Å²) in [5, 5.41) is 6.72. The van der Waals surface area contributed by atoms with Gasteiger partial charge in [-0.25, -0.2) is 0 Å². The van der Waals surface area contributed by atoms with Crippen LogP contribution >= 0.6 is 0 Å². The molecule has 0 unspecified atom stereocenters. The molecule has 2 aromatic rings. The van der Waals surface area contributed by atoms with Gasteiger partial charge in [-0.05, 0) is 12.1 Å². The molecule has 1 aromatic heterocycles. The summed E-state index contributed by atoms with van der Waals surface area (Å²) < 4.78 is 10.6. The summed E-state index contributed by atoms with van der Waals surface area (Å²) in [5.74, 6) is 1.38. The summed E-state index contributed by atoms with van der Waals surface area (Å²) in [5.41, 5.74) is 7.86. The minimum absolute atomic E-state index is 0.558. The third-order valence-corrected chi connectivity index (χ3v) is 2.35. The SMILES string of the molecule is COc1cccc(OC)c1-c1[nH]ncc1N. The monoisotopic (exact) mass is 219 g/mol. The van der Waals surface area contributed by atoms with Gasteiger partial charge in [0.05, 0.1) is 37.4 Å². The van der Waals surface area contributed by atoms with Crippen LogP contribution in [0.5, 0.6) is 11.5 Å². The lowest BCUT2D eigenvalue weighted by Gasteiger charge is -2.11. The lowest BCUT2D eigenvalue weighted by atomic mass is 10.1. The van der Waals surface area contributed by atoms with Gasteiger partial charge in [-0.1, -0.05) is 6.07 Å². The van der Waals surface area contributed by atoms with Crippen molar-refractivity contribution in [1.82, 2.24) is 10.2 Å². The average molecular weight is 219 g/mol. The Morgan fingerprint density at radius 1 is 1.19 bits per heavy atom. The summed E-state index contributed by atoms with van der Waals surface area (Å²) in [4.78, 5) is 0. The third kappa shape index (κ3) is 1.56. The fourth-order valence-electron chi connectivity index (χ4n) is 1.59. The first-order valence-electron chi connectivity index (χ1n) is 4.78. The standard InChI is InChI=1S/C11H13N3O2/c1-15-8-4-3-5-9(16-2)10(8)11-7(12)6-13-14-11/h3-6H,12H2,1-2H3,(H,13,14). The number of nitrogen functional groups attached to an aromatic ring is 1. The molecule has 2 rings (SSSR count). The number of rotatable bonds is 3. The number of methoxy groups -OCH3 is 2. The summed E-state index contributed by atoms with van der Waals surface area (Å²) in [6.07, 6.45) is 1.56. The molecule has 0 saturated carbocycles. The molecule has 5 nitrogen and oxygen atoms in total. The van der Waals surface area contributed by atoms with Crippen LogP contribution in [-0.4, -0.2) is 24.4 Å². The molecule has 16 heavy (non-hydrogen) atoms. The fraction of sp³-hybridized carbons (Fsp3) is 0.182. The maximum absolute atomic E-state index is 5.81. The molecule has 0 spiro atoms. The normalized spacial score (nSPS) is 10.1. The van der Waals surface area contributed by atoms with Gasteiger partial charge < -0.3 is 15.2 Å². The highest BCUT2D eigenvalue weighted by Crippen LogP contribution is 2.39. The zero-order chi connectivity index (χ0) is 11.5. The molecular weight excluding hydrogens is 206 g/mol. The molecule has 1 aromatic carbocycles. The van der Waals surface area contributed by atoms with Crippen LogP contribution in [0.25, 0.3) is 11.3 Å². The number of benzene rings is 1. The van der Waals surface area contributed by atoms with Crippen molar-refractivity contribution in [2.24, 2.45) is 0 Å². The molecule has 0 aliphatic heterocycles. The Labute approximate surface area is 93.2 Å². The van der Waals surface area contributed by atoms with Crippen LogP contribution in [0.15, 0.2) is 24.4 Å². The Morgan fingerprint density at radius 2 is 1.81 bits per heavy atom. The number of hydrogen-bond donors (Lipinski definition) is 2. The van der Waals surface area contributed by atoms with E-state index in [1.54, 1.807) is 20.4 Å². The van der Waals surface area contributed by atoms with E-state index in [2.05, 4.69) is 10.2 Å². The molecule has 3 N–H and O–H groups in total. The van der Waals surface area contributed by atoms with Crippen molar-refractivity contribution in [2.45, 2.75) is 0 Å². The number of anilines is 1. The first-order chi connectivity index (χ1) is 7.77. The molecule has 0 saturated heterocycles. The predicted molar refractivity (Wildman–Crippen MR) is 61.5 cm³/mol. The maximum atomic E-state index is 5.81. The van der Waals surface area contributed by atoms with Gasteiger partial charge in [0, 0.05) is 0 Å². The van der Waals surface area contributed by atoms with E-state index in [-0.39, 0.29) is 0 Å². The second kappa shape index (κ2) is 4.14. The van der Waals surface area contributed by atoms with Crippen LogP contribution in [0.2, 0.25) is 0 Å². The van der Waals surface area contributed by atoms with E-state index in [1.165, 1.54) is 0 Å². The Morgan fingerprint density at radius 3 is 2.25 bits per heavy atom. The van der Waals surface area contributed by atoms with Crippen LogP contribution in [0.1, 0.15) is 0 Å². The molecule has 0 aliphatic carbocycles. The van der Waals surface area contributed by atoms with Crippen LogP contribution in [0.4, 0.5) is 5.69 Å². The topological polar surface area (TPSA) is 73.2 Å². The van der Waals surface area contributed by atoms with E-state index in [9.17, 15) is 0 Å². The largest absolute Gasteiger partial charge is 0.496 e. The molecule has 1 heterocycles. The van der Waals surface area contributed by atoms with E-state index in [1.807, 2.05) is 18.2 Å². The van der Waals surface area contributed by atoms with Crippen LogP contribution < -0.4 is 15.2 Å². The first-order valence-corrected chi connectivity index (χ1v) is 4.78. The molecular formula is C11H13N3O2. The predicted octanol–water partition coefficient (Wildman–Crippen LogP) is 1.68. The van der Waals surface area contributed by atoms with Gasteiger partial charge in [0.25, 0.3) is 0 Å². The number of aromatic nitrogens is 2. The second-order valence-corrected chi connectivity index (χ2v) is 3.24. The number of H-pyrrole nitrogens is 1. The van der Waals surface area contributed by atoms with Crippen LogP contribution in [0.3, 0.4) is 0 Å². The highest BCUT2D eigenvalue weighted by Gasteiger charge is 2.15. The van der Waals surface area contributed by atoms with E-state index in [4.69, 9.17) is 15.2 Å². The maximum Gasteiger partial charge on any atom is 0.132 e. The summed E-state index contributed by atoms with van der Waals surface area (Å²) in [6.45, 7) is 0. The van der Waals surface area contributed by atoms with E-state index in [0.29, 0.717) is 22.9 Å². The number of aromatic amines is 1. The summed E-state index contributed by atoms with van der Waals surface area (Å²) in [6, 6.07) is 5.55. The molecule has 0 aliphatic rings. The summed E-state index contributed by atoms with van der Waals surface area (Å²) >= 11 is 0. The molecule has 0 bridgehead atoms. The highest BCUT2D eigenvalue weighted by molar-refractivity contribution is 5.81. The fourth-order valence-corrected chi connectivity index (χ4v) is 1.59. The van der Waals surface area contributed by atoms with Crippen molar-refractivity contribution < 1.29 is 9.47 Å². The average Bonchev–Trinajstić information content (AvgIpc) is 2.74. The molecule has 0 amide bonds.